The molecular weight excluding hydrogens is 811 g/mol. The van der Waals surface area contributed by atoms with Crippen molar-refractivity contribution >= 4 is 60.5 Å². The number of amides is 6. The molecule has 2 aromatic carbocycles. The first kappa shape index (κ1) is 51.5. The minimum absolute atomic E-state index is 0.0321. The number of hydrogen-bond donors (Lipinski definition) is 11. The lowest BCUT2D eigenvalue weighted by molar-refractivity contribution is -0.142. The molecule has 6 amide bonds. The third kappa shape index (κ3) is 19.6. The molecule has 0 aliphatic rings. The van der Waals surface area contributed by atoms with Crippen molar-refractivity contribution in [3.63, 3.8) is 0 Å². The zero-order valence-corrected chi connectivity index (χ0v) is 34.7. The second-order valence-electron chi connectivity index (χ2n) is 14.8. The van der Waals surface area contributed by atoms with Crippen molar-refractivity contribution < 1.29 is 68.5 Å². The lowest BCUT2D eigenvalue weighted by Crippen LogP contribution is -2.58. The standard InChI is InChI=1S/C41H55BN6O14/c1-24(2)21-29(37(56)43-20-10-9-19-42(61)62)47-41(60)36(26-12-5-4-6-13-26)48-40(59)30(22-27-14-8-7-11-25(27)3)46-38(57)28(15-17-33(50)51)45-39(58)31(23-35(54)55)44-32(49)16-18-34(52)53/h4-8,10-14,20,24,28-31,36,61-62H,9,15-19,21-23H2,1-3H3,(H,43,56)(H,44,49)(H,45,58)(H,46,57)(H,47,60)(H,48,59)(H,50,51)(H,52,53)(H,54,55)/t28-,29-,30-,31-,36?/m0/s1. The van der Waals surface area contributed by atoms with E-state index >= 15 is 0 Å². The van der Waals surface area contributed by atoms with Crippen molar-refractivity contribution in [3.8, 4) is 0 Å². The lowest BCUT2D eigenvalue weighted by Gasteiger charge is -2.28. The number of aliphatic carboxylic acids is 3. The Morgan fingerprint density at radius 2 is 1.21 bits per heavy atom. The number of benzene rings is 2. The molecule has 0 bridgehead atoms. The van der Waals surface area contributed by atoms with E-state index in [1.54, 1.807) is 61.5 Å². The maximum absolute atomic E-state index is 14.3. The topological polar surface area (TPSA) is 327 Å². The number of allylic oxidation sites excluding steroid dienone is 1. The summed E-state index contributed by atoms with van der Waals surface area (Å²) in [5, 5.41) is 60.7. The fourth-order valence-corrected chi connectivity index (χ4v) is 5.94. The molecule has 62 heavy (non-hydrogen) atoms. The molecule has 2 rings (SSSR count). The van der Waals surface area contributed by atoms with Gasteiger partial charge in [-0.3, -0.25) is 43.2 Å². The summed E-state index contributed by atoms with van der Waals surface area (Å²) in [6.45, 7) is 5.41. The van der Waals surface area contributed by atoms with Gasteiger partial charge in [-0.25, -0.2) is 0 Å². The maximum Gasteiger partial charge on any atom is 0.451 e. The first-order valence-corrected chi connectivity index (χ1v) is 19.8. The van der Waals surface area contributed by atoms with Gasteiger partial charge in [0, 0.05) is 19.3 Å². The number of hydrogen-bond acceptors (Lipinski definition) is 11. The molecule has 0 spiro atoms. The molecule has 1 unspecified atom stereocenters. The van der Waals surface area contributed by atoms with E-state index in [9.17, 15) is 53.4 Å². The highest BCUT2D eigenvalue weighted by Crippen LogP contribution is 2.17. The number of rotatable bonds is 27. The average molecular weight is 867 g/mol. The summed E-state index contributed by atoms with van der Waals surface area (Å²) < 4.78 is 0. The molecule has 0 radical (unpaired) electrons. The number of aryl methyl sites for hydroxylation is 1. The Morgan fingerprint density at radius 1 is 0.629 bits per heavy atom. The van der Waals surface area contributed by atoms with E-state index in [4.69, 9.17) is 15.2 Å². The summed E-state index contributed by atoms with van der Waals surface area (Å²) in [5.74, 6) is -9.85. The predicted molar refractivity (Wildman–Crippen MR) is 222 cm³/mol. The molecule has 336 valence electrons. The Labute approximate surface area is 358 Å². The Balaban J connectivity index is 2.49. The molecule has 0 saturated heterocycles. The van der Waals surface area contributed by atoms with E-state index in [-0.39, 0.29) is 31.5 Å². The summed E-state index contributed by atoms with van der Waals surface area (Å²) in [4.78, 5) is 115. The highest BCUT2D eigenvalue weighted by atomic mass is 16.4. The van der Waals surface area contributed by atoms with Crippen LogP contribution >= 0.6 is 0 Å². The molecule has 0 heterocycles. The molecule has 0 aliphatic carbocycles. The first-order chi connectivity index (χ1) is 29.3. The van der Waals surface area contributed by atoms with Gasteiger partial charge in [0.2, 0.25) is 35.4 Å². The van der Waals surface area contributed by atoms with Crippen LogP contribution in [0.1, 0.15) is 81.5 Å². The van der Waals surface area contributed by atoms with Crippen LogP contribution in [-0.4, -0.2) is 110 Å². The van der Waals surface area contributed by atoms with Gasteiger partial charge in [0.1, 0.15) is 30.2 Å². The molecule has 0 fully saturated rings. The Morgan fingerprint density at radius 3 is 1.81 bits per heavy atom. The second-order valence-corrected chi connectivity index (χ2v) is 14.8. The zero-order chi connectivity index (χ0) is 46.4. The smallest absolute Gasteiger partial charge is 0.451 e. The number of carbonyl (C=O) groups is 9. The number of carbonyl (C=O) groups excluding carboxylic acids is 6. The maximum atomic E-state index is 14.3. The Kier molecular flexibility index (Phi) is 22.1. The highest BCUT2D eigenvalue weighted by molar-refractivity contribution is 6.40. The molecule has 11 N–H and O–H groups in total. The largest absolute Gasteiger partial charge is 0.481 e. The molecule has 20 nitrogen and oxygen atoms in total. The van der Waals surface area contributed by atoms with Crippen molar-refractivity contribution in [2.45, 2.75) is 109 Å². The summed E-state index contributed by atoms with van der Waals surface area (Å²) >= 11 is 0. The lowest BCUT2D eigenvalue weighted by atomic mass is 9.85. The van der Waals surface area contributed by atoms with Gasteiger partial charge in [0.15, 0.2) is 0 Å². The number of nitrogens with one attached hydrogen (secondary N) is 6. The fraction of sp³-hybridized carbons (Fsp3) is 0.439. The summed E-state index contributed by atoms with van der Waals surface area (Å²) in [6.07, 6.45) is -0.316. The summed E-state index contributed by atoms with van der Waals surface area (Å²) in [7, 11) is -1.53. The van der Waals surface area contributed by atoms with Gasteiger partial charge < -0.3 is 57.3 Å². The van der Waals surface area contributed by atoms with Gasteiger partial charge >= 0.3 is 25.0 Å². The molecule has 21 heteroatoms. The van der Waals surface area contributed by atoms with E-state index in [0.717, 1.165) is 0 Å². The average Bonchev–Trinajstić information content (AvgIpc) is 3.19. The van der Waals surface area contributed by atoms with Crippen molar-refractivity contribution in [2.24, 2.45) is 5.92 Å². The second kappa shape index (κ2) is 26.6. The van der Waals surface area contributed by atoms with Gasteiger partial charge in [0.05, 0.1) is 12.8 Å². The van der Waals surface area contributed by atoms with Crippen LogP contribution in [0.15, 0.2) is 66.9 Å². The molecular formula is C41H55BN6O14. The summed E-state index contributed by atoms with van der Waals surface area (Å²) in [5.41, 5.74) is 1.60. The molecule has 2 aromatic rings. The van der Waals surface area contributed by atoms with Crippen molar-refractivity contribution in [1.29, 1.82) is 0 Å². The first-order valence-electron chi connectivity index (χ1n) is 19.8. The van der Waals surface area contributed by atoms with E-state index in [1.165, 1.54) is 12.3 Å². The van der Waals surface area contributed by atoms with Gasteiger partial charge in [-0.2, -0.15) is 0 Å². The van der Waals surface area contributed by atoms with Gasteiger partial charge in [0.25, 0.3) is 0 Å². The zero-order valence-electron chi connectivity index (χ0n) is 34.7. The van der Waals surface area contributed by atoms with Gasteiger partial charge in [-0.1, -0.05) is 74.5 Å². The van der Waals surface area contributed by atoms with Crippen LogP contribution in [0.25, 0.3) is 0 Å². The van der Waals surface area contributed by atoms with Crippen molar-refractivity contribution in [3.05, 3.63) is 83.6 Å². The van der Waals surface area contributed by atoms with E-state index in [0.29, 0.717) is 16.7 Å². The van der Waals surface area contributed by atoms with Crippen LogP contribution in [0, 0.1) is 12.8 Å². The normalized spacial score (nSPS) is 13.4. The molecule has 5 atom stereocenters. The minimum atomic E-state index is -1.80. The molecule has 0 aromatic heterocycles. The monoisotopic (exact) mass is 866 g/mol. The predicted octanol–water partition coefficient (Wildman–Crippen LogP) is 0.0774. The van der Waals surface area contributed by atoms with Gasteiger partial charge in [-0.15, -0.1) is 0 Å². The molecule has 0 aliphatic heterocycles. The van der Waals surface area contributed by atoms with Gasteiger partial charge in [-0.05, 0) is 61.3 Å². The van der Waals surface area contributed by atoms with Crippen LogP contribution in [0.5, 0.6) is 0 Å². The number of carboxylic acids is 3. The number of carboxylic acid groups (broad SMARTS) is 3. The third-order valence-electron chi connectivity index (χ3n) is 9.15. The van der Waals surface area contributed by atoms with Crippen LogP contribution in [0.2, 0.25) is 6.32 Å². The third-order valence-corrected chi connectivity index (χ3v) is 9.15. The van der Waals surface area contributed by atoms with E-state index in [2.05, 4.69) is 31.9 Å². The highest BCUT2D eigenvalue weighted by Gasteiger charge is 2.34. The van der Waals surface area contributed by atoms with Crippen LogP contribution in [0.4, 0.5) is 0 Å². The van der Waals surface area contributed by atoms with Crippen molar-refractivity contribution in [1.82, 2.24) is 31.9 Å². The van der Waals surface area contributed by atoms with Crippen LogP contribution in [-0.2, 0) is 49.6 Å². The fourth-order valence-electron chi connectivity index (χ4n) is 5.94. The molecule has 0 saturated carbocycles. The van der Waals surface area contributed by atoms with Crippen molar-refractivity contribution in [2.75, 3.05) is 0 Å². The quantitative estimate of drug-likeness (QED) is 0.0530. The van der Waals surface area contributed by atoms with E-state index in [1.807, 2.05) is 13.8 Å². The Hall–Kier alpha value is -6.61. The van der Waals surface area contributed by atoms with E-state index < -0.39 is 123 Å². The van der Waals surface area contributed by atoms with Crippen LogP contribution < -0.4 is 31.9 Å². The van der Waals surface area contributed by atoms with Crippen LogP contribution in [0.3, 0.4) is 0 Å². The Bertz CT molecular complexity index is 1910. The SMILES string of the molecule is Cc1ccccc1C[C@H](NC(=O)[C@H](CCC(=O)O)NC(=O)[C@H](CC(=O)O)NC(=O)CCC(=O)O)C(=O)NC(C(=O)N[C@@H](CC(C)C)C(=O)NC=CCCB(O)O)c1ccccc1. The minimum Gasteiger partial charge on any atom is -0.481 e. The summed E-state index contributed by atoms with van der Waals surface area (Å²) in [6, 6.07) is 7.36.